The van der Waals surface area contributed by atoms with E-state index in [1.807, 2.05) is 19.1 Å². The van der Waals surface area contributed by atoms with Crippen LogP contribution in [0.2, 0.25) is 0 Å². The maximum atomic E-state index is 12.0. The van der Waals surface area contributed by atoms with E-state index < -0.39 is 10.0 Å². The molecule has 1 aromatic heterocycles. The normalized spacial score (nSPS) is 11.4. The number of hydrogen-bond acceptors (Lipinski definition) is 4. The van der Waals surface area contributed by atoms with Crippen LogP contribution in [0.25, 0.3) is 0 Å². The molecule has 2 rings (SSSR count). The Balaban J connectivity index is 2.24. The Hall–Kier alpha value is -1.79. The van der Waals surface area contributed by atoms with Gasteiger partial charge in [0.15, 0.2) is 0 Å². The lowest BCUT2D eigenvalue weighted by Crippen LogP contribution is -2.12. The summed E-state index contributed by atoms with van der Waals surface area (Å²) in [7, 11) is -3.69. The minimum absolute atomic E-state index is 0.136. The largest absolute Gasteiger partial charge is 0.446 e. The van der Waals surface area contributed by atoms with Crippen molar-refractivity contribution >= 4 is 15.7 Å². The summed E-state index contributed by atoms with van der Waals surface area (Å²) >= 11 is 0. The number of nitrogens with two attached hydrogens (primary N) is 1. The number of sulfonamides is 1. The first-order valence-corrected chi connectivity index (χ1v) is 6.88. The minimum Gasteiger partial charge on any atom is -0.446 e. The van der Waals surface area contributed by atoms with Gasteiger partial charge in [0.25, 0.3) is 10.0 Å². The van der Waals surface area contributed by atoms with Gasteiger partial charge in [0.1, 0.15) is 5.76 Å². The topological polar surface area (TPSA) is 85.3 Å². The first-order valence-electron chi connectivity index (χ1n) is 5.39. The van der Waals surface area contributed by atoms with Crippen LogP contribution in [0.4, 0.5) is 5.69 Å². The van der Waals surface area contributed by atoms with Gasteiger partial charge in [0.05, 0.1) is 6.54 Å². The fourth-order valence-corrected chi connectivity index (χ4v) is 2.45. The van der Waals surface area contributed by atoms with E-state index in [1.54, 1.807) is 18.2 Å². The maximum Gasteiger partial charge on any atom is 0.295 e. The van der Waals surface area contributed by atoms with E-state index in [0.29, 0.717) is 11.4 Å². The first kappa shape index (κ1) is 12.7. The minimum atomic E-state index is -3.69. The Kier molecular flexibility index (Phi) is 3.40. The van der Waals surface area contributed by atoms with Crippen molar-refractivity contribution < 1.29 is 12.8 Å². The van der Waals surface area contributed by atoms with Crippen LogP contribution < -0.4 is 10.5 Å². The molecular formula is C12H14N2O3S. The Morgan fingerprint density at radius 2 is 1.83 bits per heavy atom. The summed E-state index contributed by atoms with van der Waals surface area (Å²) in [4.78, 5) is 0. The molecule has 0 fully saturated rings. The number of rotatable bonds is 4. The van der Waals surface area contributed by atoms with Crippen LogP contribution in [-0.2, 0) is 16.6 Å². The number of furan rings is 1. The van der Waals surface area contributed by atoms with Gasteiger partial charge in [-0.1, -0.05) is 17.7 Å². The van der Waals surface area contributed by atoms with E-state index in [9.17, 15) is 8.42 Å². The summed E-state index contributed by atoms with van der Waals surface area (Å²) in [5.74, 6) is 0.430. The zero-order valence-electron chi connectivity index (χ0n) is 9.88. The van der Waals surface area contributed by atoms with Gasteiger partial charge >= 0.3 is 0 Å². The van der Waals surface area contributed by atoms with Gasteiger partial charge < -0.3 is 10.2 Å². The molecule has 0 aliphatic rings. The third-order valence-electron chi connectivity index (χ3n) is 2.41. The highest BCUT2D eigenvalue weighted by Gasteiger charge is 2.18. The molecule has 2 aromatic rings. The molecule has 0 atom stereocenters. The molecule has 0 spiro atoms. The van der Waals surface area contributed by atoms with Crippen LogP contribution in [0.15, 0.2) is 45.9 Å². The van der Waals surface area contributed by atoms with Gasteiger partial charge in [0.2, 0.25) is 5.09 Å². The second-order valence-corrected chi connectivity index (χ2v) is 5.51. The fraction of sp³-hybridized carbons (Fsp3) is 0.167. The highest BCUT2D eigenvalue weighted by atomic mass is 32.2. The highest BCUT2D eigenvalue weighted by molar-refractivity contribution is 7.92. The molecule has 0 saturated heterocycles. The second-order valence-electron chi connectivity index (χ2n) is 3.90. The lowest BCUT2D eigenvalue weighted by Gasteiger charge is -2.05. The zero-order chi connectivity index (χ0) is 13.2. The quantitative estimate of drug-likeness (QED) is 0.884. The van der Waals surface area contributed by atoms with Crippen molar-refractivity contribution in [2.45, 2.75) is 18.6 Å². The van der Waals surface area contributed by atoms with E-state index in [-0.39, 0.29) is 11.6 Å². The second kappa shape index (κ2) is 4.83. The van der Waals surface area contributed by atoms with E-state index in [1.165, 1.54) is 6.07 Å². The van der Waals surface area contributed by atoms with Crippen molar-refractivity contribution in [3.05, 3.63) is 47.7 Å². The monoisotopic (exact) mass is 266 g/mol. The predicted molar refractivity (Wildman–Crippen MR) is 68.6 cm³/mol. The van der Waals surface area contributed by atoms with Gasteiger partial charge in [-0.15, -0.1) is 0 Å². The number of benzene rings is 1. The summed E-state index contributed by atoms with van der Waals surface area (Å²) in [5, 5.41) is -0.136. The fourth-order valence-electron chi connectivity index (χ4n) is 1.44. The van der Waals surface area contributed by atoms with Crippen LogP contribution in [0.3, 0.4) is 0 Å². The Morgan fingerprint density at radius 1 is 1.17 bits per heavy atom. The van der Waals surface area contributed by atoms with E-state index in [4.69, 9.17) is 10.2 Å². The Bertz CT molecular complexity index is 630. The standard InChI is InChI=1S/C12H14N2O3S/c1-9-2-4-10(5-3-9)14-18(15,16)12-7-6-11(8-13)17-12/h2-7,14H,8,13H2,1H3. The molecule has 0 aliphatic carbocycles. The molecule has 6 heteroatoms. The molecule has 0 unspecified atom stereocenters. The maximum absolute atomic E-state index is 12.0. The predicted octanol–water partition coefficient (Wildman–Crippen LogP) is 1.85. The molecule has 3 N–H and O–H groups in total. The van der Waals surface area contributed by atoms with E-state index in [0.717, 1.165) is 5.56 Å². The molecule has 5 nitrogen and oxygen atoms in total. The average Bonchev–Trinajstić information content (AvgIpc) is 2.81. The molecule has 1 aromatic carbocycles. The molecule has 0 saturated carbocycles. The SMILES string of the molecule is Cc1ccc(NS(=O)(=O)c2ccc(CN)o2)cc1. The molecular weight excluding hydrogens is 252 g/mol. The van der Waals surface area contributed by atoms with Gasteiger partial charge in [-0.2, -0.15) is 8.42 Å². The molecule has 0 amide bonds. The number of nitrogens with one attached hydrogen (secondary N) is 1. The van der Waals surface area contributed by atoms with Crippen LogP contribution in [-0.4, -0.2) is 8.42 Å². The first-order chi connectivity index (χ1) is 8.51. The third kappa shape index (κ3) is 2.72. The summed E-state index contributed by atoms with van der Waals surface area (Å²) in [6, 6.07) is 9.97. The number of anilines is 1. The molecule has 96 valence electrons. The number of hydrogen-bond donors (Lipinski definition) is 2. The average molecular weight is 266 g/mol. The van der Waals surface area contributed by atoms with Crippen molar-refractivity contribution in [2.75, 3.05) is 4.72 Å². The van der Waals surface area contributed by atoms with Crippen molar-refractivity contribution in [2.24, 2.45) is 5.73 Å². The molecule has 0 bridgehead atoms. The van der Waals surface area contributed by atoms with Crippen molar-refractivity contribution in [3.8, 4) is 0 Å². The summed E-state index contributed by atoms with van der Waals surface area (Å²) in [5.41, 5.74) is 6.92. The van der Waals surface area contributed by atoms with Crippen molar-refractivity contribution in [1.29, 1.82) is 0 Å². The van der Waals surface area contributed by atoms with E-state index in [2.05, 4.69) is 4.72 Å². The van der Waals surface area contributed by atoms with Gasteiger partial charge in [-0.3, -0.25) is 4.72 Å². The van der Waals surface area contributed by atoms with Crippen LogP contribution in [0.5, 0.6) is 0 Å². The lowest BCUT2D eigenvalue weighted by molar-refractivity contribution is 0.417. The third-order valence-corrected chi connectivity index (χ3v) is 3.66. The highest BCUT2D eigenvalue weighted by Crippen LogP contribution is 2.18. The van der Waals surface area contributed by atoms with Crippen LogP contribution in [0.1, 0.15) is 11.3 Å². The van der Waals surface area contributed by atoms with Gasteiger partial charge in [-0.25, -0.2) is 0 Å². The van der Waals surface area contributed by atoms with Crippen LogP contribution in [0, 0.1) is 6.92 Å². The van der Waals surface area contributed by atoms with E-state index >= 15 is 0 Å². The zero-order valence-corrected chi connectivity index (χ0v) is 10.7. The smallest absolute Gasteiger partial charge is 0.295 e. The lowest BCUT2D eigenvalue weighted by atomic mass is 10.2. The Morgan fingerprint density at radius 3 is 2.39 bits per heavy atom. The summed E-state index contributed by atoms with van der Waals surface area (Å²) in [6.45, 7) is 2.10. The summed E-state index contributed by atoms with van der Waals surface area (Å²) < 4.78 is 31.5. The van der Waals surface area contributed by atoms with Gasteiger partial charge in [-0.05, 0) is 31.2 Å². The summed E-state index contributed by atoms with van der Waals surface area (Å²) in [6.07, 6.45) is 0. The molecule has 0 radical (unpaired) electrons. The Labute approximate surface area is 106 Å². The molecule has 18 heavy (non-hydrogen) atoms. The molecule has 1 heterocycles. The van der Waals surface area contributed by atoms with Crippen LogP contribution >= 0.6 is 0 Å². The van der Waals surface area contributed by atoms with Gasteiger partial charge in [0, 0.05) is 5.69 Å². The molecule has 0 aliphatic heterocycles. The van der Waals surface area contributed by atoms with Crippen molar-refractivity contribution in [1.82, 2.24) is 0 Å². The number of aryl methyl sites for hydroxylation is 1. The van der Waals surface area contributed by atoms with Crippen molar-refractivity contribution in [3.63, 3.8) is 0 Å².